The highest BCUT2D eigenvalue weighted by atomic mass is 16.5. The topological polar surface area (TPSA) is 68.5 Å². The Labute approximate surface area is 113 Å². The Kier molecular flexibility index (Phi) is 3.26. The number of anilines is 1. The molecule has 2 N–H and O–H groups in total. The Morgan fingerprint density at radius 2 is 1.89 bits per heavy atom. The zero-order valence-electron chi connectivity index (χ0n) is 11.9. The molecule has 2 rings (SSSR count). The number of amides is 1. The summed E-state index contributed by atoms with van der Waals surface area (Å²) in [5, 5.41) is 0. The Morgan fingerprint density at radius 3 is 2.42 bits per heavy atom. The van der Waals surface area contributed by atoms with E-state index in [0.29, 0.717) is 18.7 Å². The average molecular weight is 263 g/mol. The van der Waals surface area contributed by atoms with Gasteiger partial charge in [0.2, 0.25) is 0 Å². The Morgan fingerprint density at radius 1 is 1.32 bits per heavy atom. The lowest BCUT2D eigenvalue weighted by Gasteiger charge is -2.47. The molecule has 0 aromatic carbocycles. The van der Waals surface area contributed by atoms with E-state index in [9.17, 15) is 4.79 Å². The van der Waals surface area contributed by atoms with Crippen molar-refractivity contribution in [3.8, 4) is 0 Å². The van der Waals surface area contributed by atoms with Gasteiger partial charge in [0.1, 0.15) is 5.82 Å². The third-order valence-electron chi connectivity index (χ3n) is 3.05. The van der Waals surface area contributed by atoms with Crippen molar-refractivity contribution in [2.24, 2.45) is 0 Å². The first-order valence-corrected chi connectivity index (χ1v) is 6.40. The largest absolute Gasteiger partial charge is 0.383 e. The van der Waals surface area contributed by atoms with Crippen LogP contribution in [0.5, 0.6) is 0 Å². The highest BCUT2D eigenvalue weighted by Crippen LogP contribution is 2.29. The normalized spacial score (nSPS) is 21.2. The molecule has 1 aliphatic heterocycles. The number of nitrogens with two attached hydrogens (primary N) is 1. The van der Waals surface area contributed by atoms with Gasteiger partial charge in [0.05, 0.1) is 16.8 Å². The fourth-order valence-corrected chi connectivity index (χ4v) is 2.70. The van der Waals surface area contributed by atoms with Gasteiger partial charge in [-0.1, -0.05) is 0 Å². The van der Waals surface area contributed by atoms with E-state index >= 15 is 0 Å². The van der Waals surface area contributed by atoms with Crippen molar-refractivity contribution < 1.29 is 9.53 Å². The van der Waals surface area contributed by atoms with Crippen LogP contribution in [0.2, 0.25) is 0 Å². The van der Waals surface area contributed by atoms with Crippen LogP contribution in [0.15, 0.2) is 18.3 Å². The number of pyridine rings is 1. The first kappa shape index (κ1) is 13.8. The van der Waals surface area contributed by atoms with Crippen molar-refractivity contribution >= 4 is 11.7 Å². The summed E-state index contributed by atoms with van der Waals surface area (Å²) in [6.07, 6.45) is 1.58. The number of carbonyl (C=O) groups is 1. The molecule has 1 amide bonds. The number of aromatic nitrogens is 1. The first-order valence-electron chi connectivity index (χ1n) is 6.40. The van der Waals surface area contributed by atoms with E-state index in [2.05, 4.69) is 4.98 Å². The number of morpholine rings is 1. The van der Waals surface area contributed by atoms with Crippen LogP contribution in [-0.4, -0.2) is 40.1 Å². The van der Waals surface area contributed by atoms with Crippen LogP contribution in [0.1, 0.15) is 38.1 Å². The summed E-state index contributed by atoms with van der Waals surface area (Å²) >= 11 is 0. The van der Waals surface area contributed by atoms with Gasteiger partial charge in [-0.25, -0.2) is 4.98 Å². The lowest BCUT2D eigenvalue weighted by Crippen LogP contribution is -2.58. The summed E-state index contributed by atoms with van der Waals surface area (Å²) < 4.78 is 5.97. The number of nitrogens with zero attached hydrogens (tertiary/aromatic N) is 2. The van der Waals surface area contributed by atoms with Gasteiger partial charge in [-0.2, -0.15) is 0 Å². The molecule has 0 saturated carbocycles. The molecule has 1 aromatic rings. The van der Waals surface area contributed by atoms with Gasteiger partial charge in [-0.3, -0.25) is 4.79 Å². The van der Waals surface area contributed by atoms with Gasteiger partial charge < -0.3 is 15.4 Å². The third kappa shape index (κ3) is 3.04. The van der Waals surface area contributed by atoms with Gasteiger partial charge in [-0.15, -0.1) is 0 Å². The van der Waals surface area contributed by atoms with Crippen molar-refractivity contribution in [3.63, 3.8) is 0 Å². The molecule has 1 aliphatic rings. The molecule has 2 heterocycles. The molecule has 5 nitrogen and oxygen atoms in total. The molecule has 0 aliphatic carbocycles. The quantitative estimate of drug-likeness (QED) is 0.837. The SMILES string of the molecule is CC1(C)CN(C(=O)c2cccnc2N)CC(C)(C)O1. The molecule has 0 atom stereocenters. The summed E-state index contributed by atoms with van der Waals surface area (Å²) in [5.74, 6) is 0.185. The van der Waals surface area contributed by atoms with Crippen LogP contribution in [0, 0.1) is 0 Å². The minimum absolute atomic E-state index is 0.0879. The molecule has 1 saturated heterocycles. The molecular weight excluding hydrogens is 242 g/mol. The van der Waals surface area contributed by atoms with Crippen molar-refractivity contribution in [3.05, 3.63) is 23.9 Å². The maximum atomic E-state index is 12.5. The third-order valence-corrected chi connectivity index (χ3v) is 3.05. The minimum atomic E-state index is -0.367. The van der Waals surface area contributed by atoms with Crippen LogP contribution >= 0.6 is 0 Å². The van der Waals surface area contributed by atoms with Crippen molar-refractivity contribution in [2.45, 2.75) is 38.9 Å². The van der Waals surface area contributed by atoms with Crippen LogP contribution in [-0.2, 0) is 4.74 Å². The highest BCUT2D eigenvalue weighted by molar-refractivity contribution is 5.98. The van der Waals surface area contributed by atoms with Crippen molar-refractivity contribution in [2.75, 3.05) is 18.8 Å². The lowest BCUT2D eigenvalue weighted by atomic mass is 9.98. The lowest BCUT2D eigenvalue weighted by molar-refractivity contribution is -0.171. The Balaban J connectivity index is 2.27. The maximum Gasteiger partial charge on any atom is 0.257 e. The van der Waals surface area contributed by atoms with Crippen LogP contribution in [0.4, 0.5) is 5.82 Å². The van der Waals surface area contributed by atoms with Gasteiger partial charge in [0.15, 0.2) is 0 Å². The molecule has 0 bridgehead atoms. The second kappa shape index (κ2) is 4.49. The van der Waals surface area contributed by atoms with Gasteiger partial charge in [0, 0.05) is 19.3 Å². The summed E-state index contributed by atoms with van der Waals surface area (Å²) in [6.45, 7) is 9.04. The van der Waals surface area contributed by atoms with E-state index in [1.54, 1.807) is 23.2 Å². The van der Waals surface area contributed by atoms with Crippen molar-refractivity contribution in [1.29, 1.82) is 0 Å². The summed E-state index contributed by atoms with van der Waals surface area (Å²) in [5.41, 5.74) is 5.49. The fraction of sp³-hybridized carbons (Fsp3) is 0.571. The van der Waals surface area contributed by atoms with Crippen molar-refractivity contribution in [1.82, 2.24) is 9.88 Å². The zero-order chi connectivity index (χ0) is 14.3. The molecule has 19 heavy (non-hydrogen) atoms. The second-order valence-corrected chi connectivity index (χ2v) is 6.22. The van der Waals surface area contributed by atoms with Gasteiger partial charge >= 0.3 is 0 Å². The molecular formula is C14H21N3O2. The number of rotatable bonds is 1. The van der Waals surface area contributed by atoms with E-state index in [0.717, 1.165) is 0 Å². The van der Waals surface area contributed by atoms with Gasteiger partial charge in [0.25, 0.3) is 5.91 Å². The molecule has 0 unspecified atom stereocenters. The average Bonchev–Trinajstić information content (AvgIpc) is 2.24. The molecule has 1 aromatic heterocycles. The monoisotopic (exact) mass is 263 g/mol. The van der Waals surface area contributed by atoms with E-state index in [1.165, 1.54) is 0 Å². The number of carbonyl (C=O) groups excluding carboxylic acids is 1. The van der Waals surface area contributed by atoms with Crippen LogP contribution < -0.4 is 5.73 Å². The molecule has 0 spiro atoms. The molecule has 104 valence electrons. The maximum absolute atomic E-state index is 12.5. The van der Waals surface area contributed by atoms with E-state index in [-0.39, 0.29) is 22.9 Å². The predicted molar refractivity (Wildman–Crippen MR) is 73.8 cm³/mol. The zero-order valence-corrected chi connectivity index (χ0v) is 11.9. The first-order chi connectivity index (χ1) is 8.70. The number of hydrogen-bond acceptors (Lipinski definition) is 4. The molecule has 5 heteroatoms. The summed E-state index contributed by atoms with van der Waals surface area (Å²) in [4.78, 5) is 18.3. The Hall–Kier alpha value is -1.62. The summed E-state index contributed by atoms with van der Waals surface area (Å²) in [6, 6.07) is 3.43. The number of ether oxygens (including phenoxy) is 1. The summed E-state index contributed by atoms with van der Waals surface area (Å²) in [7, 11) is 0. The van der Waals surface area contributed by atoms with Gasteiger partial charge in [-0.05, 0) is 39.8 Å². The van der Waals surface area contributed by atoms with E-state index in [4.69, 9.17) is 10.5 Å². The standard InChI is InChI=1S/C14H21N3O2/c1-13(2)8-17(9-14(3,4)19-13)12(18)10-6-5-7-16-11(10)15/h5-7H,8-9H2,1-4H3,(H2,15,16). The van der Waals surface area contributed by atoms with Crippen LogP contribution in [0.3, 0.4) is 0 Å². The van der Waals surface area contributed by atoms with Crippen LogP contribution in [0.25, 0.3) is 0 Å². The predicted octanol–water partition coefficient (Wildman–Crippen LogP) is 1.69. The highest BCUT2D eigenvalue weighted by Gasteiger charge is 2.40. The van der Waals surface area contributed by atoms with E-state index < -0.39 is 0 Å². The second-order valence-electron chi connectivity index (χ2n) is 6.22. The number of nitrogen functional groups attached to an aromatic ring is 1. The Bertz CT molecular complexity index is 481. The smallest absolute Gasteiger partial charge is 0.257 e. The molecule has 1 fully saturated rings. The minimum Gasteiger partial charge on any atom is -0.383 e. The fourth-order valence-electron chi connectivity index (χ4n) is 2.70. The van der Waals surface area contributed by atoms with E-state index in [1.807, 2.05) is 27.7 Å². The molecule has 0 radical (unpaired) electrons. The number of hydrogen-bond donors (Lipinski definition) is 1.